The van der Waals surface area contributed by atoms with Gasteiger partial charge in [-0.2, -0.15) is 0 Å². The minimum Gasteiger partial charge on any atom is -0.489 e. The van der Waals surface area contributed by atoms with E-state index < -0.39 is 28.7 Å². The summed E-state index contributed by atoms with van der Waals surface area (Å²) < 4.78 is 31.3. The van der Waals surface area contributed by atoms with Gasteiger partial charge in [-0.05, 0) is 25.0 Å². The summed E-state index contributed by atoms with van der Waals surface area (Å²) in [6.07, 6.45) is 2.23. The Morgan fingerprint density at radius 3 is 2.74 bits per heavy atom. The van der Waals surface area contributed by atoms with Gasteiger partial charge in [-0.1, -0.05) is 6.42 Å². The van der Waals surface area contributed by atoms with E-state index in [9.17, 15) is 18.7 Å². The first-order valence-corrected chi connectivity index (χ1v) is 7.72. The van der Waals surface area contributed by atoms with E-state index in [4.69, 9.17) is 10.5 Å². The molecule has 23 heavy (non-hydrogen) atoms. The number of aliphatic hydroxyl groups excluding tert-OH is 1. The van der Waals surface area contributed by atoms with Gasteiger partial charge in [0.25, 0.3) is 0 Å². The Morgan fingerprint density at radius 2 is 2.17 bits per heavy atom. The number of hydrogen-bond donors (Lipinski definition) is 3. The van der Waals surface area contributed by atoms with Crippen LogP contribution in [-0.4, -0.2) is 35.8 Å². The quantitative estimate of drug-likeness (QED) is 0.707. The molecule has 2 atom stereocenters. The molecular formula is C16H20F2N2O3. The molecule has 1 aromatic carbocycles. The van der Waals surface area contributed by atoms with Crippen molar-refractivity contribution in [3.05, 3.63) is 29.8 Å². The zero-order chi connectivity index (χ0) is 16.7. The molecule has 2 fully saturated rings. The second-order valence-corrected chi connectivity index (χ2v) is 6.38. The van der Waals surface area contributed by atoms with Gasteiger partial charge in [0.15, 0.2) is 11.6 Å². The fourth-order valence-corrected chi connectivity index (χ4v) is 3.60. The van der Waals surface area contributed by atoms with Crippen molar-refractivity contribution in [2.75, 3.05) is 13.2 Å². The van der Waals surface area contributed by atoms with Gasteiger partial charge >= 0.3 is 0 Å². The number of halogens is 2. The van der Waals surface area contributed by atoms with Crippen molar-refractivity contribution in [1.29, 1.82) is 0 Å². The van der Waals surface area contributed by atoms with Crippen molar-refractivity contribution in [1.82, 2.24) is 5.32 Å². The van der Waals surface area contributed by atoms with Gasteiger partial charge in [0, 0.05) is 17.9 Å². The predicted octanol–water partition coefficient (Wildman–Crippen LogP) is 1.09. The van der Waals surface area contributed by atoms with E-state index >= 15 is 0 Å². The molecule has 5 nitrogen and oxygen atoms in total. The molecule has 0 saturated heterocycles. The van der Waals surface area contributed by atoms with Crippen molar-refractivity contribution in [3.63, 3.8) is 0 Å². The summed E-state index contributed by atoms with van der Waals surface area (Å²) in [4.78, 5) is 12.3. The molecule has 1 amide bonds. The molecule has 1 spiro atoms. The Morgan fingerprint density at radius 1 is 1.43 bits per heavy atom. The highest BCUT2D eigenvalue weighted by Gasteiger charge is 2.69. The van der Waals surface area contributed by atoms with E-state index in [-0.39, 0.29) is 31.2 Å². The smallest absolute Gasteiger partial charge is 0.240 e. The first-order chi connectivity index (χ1) is 10.9. The molecule has 2 aliphatic carbocycles. The maximum absolute atomic E-state index is 13.4. The lowest BCUT2D eigenvalue weighted by atomic mass is 9.44. The number of carbonyl (C=O) groups excluding carboxylic acids is 1. The monoisotopic (exact) mass is 326 g/mol. The van der Waals surface area contributed by atoms with Gasteiger partial charge in [-0.15, -0.1) is 0 Å². The highest BCUT2D eigenvalue weighted by molar-refractivity contribution is 5.89. The fourth-order valence-electron chi connectivity index (χ4n) is 3.60. The van der Waals surface area contributed by atoms with E-state index in [0.29, 0.717) is 0 Å². The zero-order valence-corrected chi connectivity index (χ0v) is 12.6. The van der Waals surface area contributed by atoms with Crippen LogP contribution in [-0.2, 0) is 4.79 Å². The minimum absolute atomic E-state index is 0.0416. The van der Waals surface area contributed by atoms with Crippen molar-refractivity contribution in [2.24, 2.45) is 11.1 Å². The summed E-state index contributed by atoms with van der Waals surface area (Å²) in [6.45, 7) is 0.195. The van der Waals surface area contributed by atoms with Crippen LogP contribution in [0, 0.1) is 17.0 Å². The second kappa shape index (κ2) is 5.72. The van der Waals surface area contributed by atoms with Crippen LogP contribution in [0.1, 0.15) is 25.7 Å². The number of carbonyl (C=O) groups is 1. The van der Waals surface area contributed by atoms with Crippen LogP contribution < -0.4 is 15.8 Å². The number of rotatable bonds is 5. The molecule has 2 saturated carbocycles. The van der Waals surface area contributed by atoms with E-state index in [1.807, 2.05) is 0 Å². The standard InChI is InChI=1S/C16H20F2N2O3/c17-10-2-3-12(11(18)8-10)23-7-6-20-14(22)16(19)9-13(21)15(16)4-1-5-15/h2-3,8,13,21H,1,4-7,9,19H2,(H,20,22)/t13-,16-/m0/s1. The Hall–Kier alpha value is -1.73. The number of nitrogens with two attached hydrogens (primary N) is 1. The summed E-state index contributed by atoms with van der Waals surface area (Å²) in [5.41, 5.74) is 4.68. The van der Waals surface area contributed by atoms with Crippen LogP contribution in [0.3, 0.4) is 0 Å². The third-order valence-corrected chi connectivity index (χ3v) is 5.23. The van der Waals surface area contributed by atoms with Crippen molar-refractivity contribution in [2.45, 2.75) is 37.3 Å². The number of nitrogens with one attached hydrogen (secondary N) is 1. The van der Waals surface area contributed by atoms with Gasteiger partial charge in [-0.3, -0.25) is 4.79 Å². The molecule has 0 heterocycles. The topological polar surface area (TPSA) is 84.6 Å². The van der Waals surface area contributed by atoms with E-state index in [1.54, 1.807) is 0 Å². The Bertz CT molecular complexity index is 621. The molecule has 7 heteroatoms. The number of benzene rings is 1. The first-order valence-electron chi connectivity index (χ1n) is 7.72. The van der Waals surface area contributed by atoms with Gasteiger partial charge in [0.1, 0.15) is 18.0 Å². The van der Waals surface area contributed by atoms with Crippen LogP contribution in [0.4, 0.5) is 8.78 Å². The molecule has 3 rings (SSSR count). The highest BCUT2D eigenvalue weighted by Crippen LogP contribution is 2.60. The number of hydrogen-bond acceptors (Lipinski definition) is 4. The number of aliphatic hydroxyl groups is 1. The molecule has 2 aliphatic rings. The third kappa shape index (κ3) is 2.48. The van der Waals surface area contributed by atoms with Gasteiger partial charge in [-0.25, -0.2) is 8.78 Å². The molecular weight excluding hydrogens is 306 g/mol. The summed E-state index contributed by atoms with van der Waals surface area (Å²) >= 11 is 0. The van der Waals surface area contributed by atoms with E-state index in [2.05, 4.69) is 5.32 Å². The van der Waals surface area contributed by atoms with Gasteiger partial charge in [0.2, 0.25) is 5.91 Å². The highest BCUT2D eigenvalue weighted by atomic mass is 19.1. The molecule has 0 aliphatic heterocycles. The normalized spacial score (nSPS) is 27.9. The molecule has 1 aromatic rings. The first kappa shape index (κ1) is 16.1. The summed E-state index contributed by atoms with van der Waals surface area (Å²) in [6, 6.07) is 3.03. The van der Waals surface area contributed by atoms with Crippen LogP contribution in [0.5, 0.6) is 5.75 Å². The van der Waals surface area contributed by atoms with Gasteiger partial charge < -0.3 is 20.9 Å². The molecule has 4 N–H and O–H groups in total. The maximum Gasteiger partial charge on any atom is 0.240 e. The maximum atomic E-state index is 13.4. The van der Waals surface area contributed by atoms with Crippen LogP contribution in [0.15, 0.2) is 18.2 Å². The third-order valence-electron chi connectivity index (χ3n) is 5.23. The molecule has 126 valence electrons. The molecule has 0 unspecified atom stereocenters. The van der Waals surface area contributed by atoms with E-state index in [1.165, 1.54) is 6.07 Å². The number of amides is 1. The predicted molar refractivity (Wildman–Crippen MR) is 78.7 cm³/mol. The Kier molecular flexibility index (Phi) is 4.01. The Balaban J connectivity index is 1.48. The lowest BCUT2D eigenvalue weighted by Gasteiger charge is -2.64. The van der Waals surface area contributed by atoms with Crippen LogP contribution in [0.25, 0.3) is 0 Å². The zero-order valence-electron chi connectivity index (χ0n) is 12.6. The molecule has 0 radical (unpaired) electrons. The summed E-state index contributed by atoms with van der Waals surface area (Å²) in [7, 11) is 0. The minimum atomic E-state index is -1.04. The SMILES string of the molecule is N[C@]1(C(=O)NCCOc2ccc(F)cc2F)C[C@H](O)C12CCC2. The van der Waals surface area contributed by atoms with Crippen LogP contribution in [0.2, 0.25) is 0 Å². The van der Waals surface area contributed by atoms with Crippen LogP contribution >= 0.6 is 0 Å². The Labute approximate surface area is 132 Å². The summed E-state index contributed by atoms with van der Waals surface area (Å²) in [5.74, 6) is -1.85. The summed E-state index contributed by atoms with van der Waals surface area (Å²) in [5, 5.41) is 12.6. The average molecular weight is 326 g/mol. The van der Waals surface area contributed by atoms with Gasteiger partial charge in [0.05, 0.1) is 12.6 Å². The van der Waals surface area contributed by atoms with Crippen molar-refractivity contribution < 1.29 is 23.4 Å². The fraction of sp³-hybridized carbons (Fsp3) is 0.562. The molecule has 0 bridgehead atoms. The largest absolute Gasteiger partial charge is 0.489 e. The van der Waals surface area contributed by atoms with Crippen molar-refractivity contribution >= 4 is 5.91 Å². The van der Waals surface area contributed by atoms with E-state index in [0.717, 1.165) is 31.4 Å². The lowest BCUT2D eigenvalue weighted by molar-refractivity contribution is -0.192. The number of ether oxygens (including phenoxy) is 1. The van der Waals surface area contributed by atoms with Crippen molar-refractivity contribution in [3.8, 4) is 5.75 Å². The second-order valence-electron chi connectivity index (χ2n) is 6.38. The lowest BCUT2D eigenvalue weighted by Crippen LogP contribution is -2.79. The molecule has 0 aromatic heterocycles. The average Bonchev–Trinajstić information content (AvgIpc) is 2.42.